The minimum atomic E-state index is -0.0339. The van der Waals surface area contributed by atoms with Gasteiger partial charge in [0.2, 0.25) is 0 Å². The molecule has 6 aromatic rings. The van der Waals surface area contributed by atoms with Gasteiger partial charge in [-0.2, -0.15) is 0 Å². The van der Waals surface area contributed by atoms with Crippen molar-refractivity contribution in [3.05, 3.63) is 177 Å². The lowest BCUT2D eigenvalue weighted by Gasteiger charge is -2.13. The van der Waals surface area contributed by atoms with Crippen LogP contribution in [0.5, 0.6) is 0 Å². The number of nitrogen functional groups attached to an aromatic ring is 1. The molecule has 0 unspecified atom stereocenters. The molecule has 0 radical (unpaired) electrons. The van der Waals surface area contributed by atoms with E-state index in [0.717, 1.165) is 62.5 Å². The molecular formula is C56H68N6O. The fraction of sp³-hybridized carbons (Fsp3) is 0.321. The largest absolute Gasteiger partial charge is 0.398 e. The maximum Gasteiger partial charge on any atom is 0.178 e. The van der Waals surface area contributed by atoms with Crippen molar-refractivity contribution in [1.82, 2.24) is 9.97 Å². The Bertz CT molecular complexity index is 2580. The van der Waals surface area contributed by atoms with Gasteiger partial charge < -0.3 is 5.73 Å². The first kappa shape index (κ1) is 49.3. The van der Waals surface area contributed by atoms with E-state index in [9.17, 15) is 4.79 Å². The van der Waals surface area contributed by atoms with Crippen LogP contribution in [-0.2, 0) is 0 Å². The van der Waals surface area contributed by atoms with Crippen LogP contribution in [0, 0.1) is 13.8 Å². The van der Waals surface area contributed by atoms with Crippen molar-refractivity contribution >= 4 is 45.7 Å². The smallest absolute Gasteiger partial charge is 0.178 e. The molecule has 2 heterocycles. The van der Waals surface area contributed by atoms with E-state index in [1.807, 2.05) is 75.4 Å². The number of hydrogen-bond donors (Lipinski definition) is 1. The first-order valence-electron chi connectivity index (χ1n) is 22.1. The van der Waals surface area contributed by atoms with E-state index in [1.165, 1.54) is 34.7 Å². The van der Waals surface area contributed by atoms with E-state index in [1.54, 1.807) is 6.07 Å². The summed E-state index contributed by atoms with van der Waals surface area (Å²) in [6.45, 7) is 29.1. The van der Waals surface area contributed by atoms with Crippen LogP contribution in [0.15, 0.2) is 136 Å². The van der Waals surface area contributed by atoms with Crippen LogP contribution in [0.1, 0.15) is 168 Å². The highest BCUT2D eigenvalue weighted by molar-refractivity contribution is 6.03. The van der Waals surface area contributed by atoms with Crippen molar-refractivity contribution in [3.8, 4) is 0 Å². The maximum absolute atomic E-state index is 11.5. The predicted molar refractivity (Wildman–Crippen MR) is 270 cm³/mol. The average Bonchev–Trinajstić information content (AvgIpc) is 3.25. The summed E-state index contributed by atoms with van der Waals surface area (Å²) in [5.74, 6) is 1.74. The molecule has 0 spiro atoms. The Balaban J connectivity index is 0.000000235. The van der Waals surface area contributed by atoms with Crippen molar-refractivity contribution in [3.63, 3.8) is 0 Å². The number of benzene rings is 4. The van der Waals surface area contributed by atoms with Gasteiger partial charge in [-0.1, -0.05) is 140 Å². The van der Waals surface area contributed by atoms with Gasteiger partial charge >= 0.3 is 0 Å². The number of hydrogen-bond acceptors (Lipinski definition) is 7. The van der Waals surface area contributed by atoms with Gasteiger partial charge in [-0.3, -0.25) is 19.8 Å². The third-order valence-corrected chi connectivity index (χ3v) is 10.8. The fourth-order valence-corrected chi connectivity index (χ4v) is 7.07. The Morgan fingerprint density at radius 3 is 1.19 bits per heavy atom. The monoisotopic (exact) mass is 841 g/mol. The number of carbonyl (C=O) groups excluding carboxylic acids is 1. The molecule has 4 aromatic carbocycles. The summed E-state index contributed by atoms with van der Waals surface area (Å²) in [6.07, 6.45) is 0. The van der Waals surface area contributed by atoms with Crippen LogP contribution in [0.4, 0.5) is 22.7 Å². The van der Waals surface area contributed by atoms with E-state index >= 15 is 0 Å². The average molecular weight is 841 g/mol. The summed E-state index contributed by atoms with van der Waals surface area (Å²) in [5, 5.41) is 0. The van der Waals surface area contributed by atoms with Crippen LogP contribution < -0.4 is 5.73 Å². The van der Waals surface area contributed by atoms with Crippen LogP contribution in [-0.4, -0.2) is 32.9 Å². The first-order valence-corrected chi connectivity index (χ1v) is 22.1. The number of rotatable bonds is 11. The van der Waals surface area contributed by atoms with Gasteiger partial charge in [-0.15, -0.1) is 0 Å². The molecule has 7 heteroatoms. The minimum absolute atomic E-state index is 0.0339. The molecule has 0 aliphatic rings. The molecule has 0 saturated heterocycles. The van der Waals surface area contributed by atoms with E-state index in [4.69, 9.17) is 25.7 Å². The lowest BCUT2D eigenvalue weighted by Crippen LogP contribution is -2.05. The van der Waals surface area contributed by atoms with Gasteiger partial charge in [0.1, 0.15) is 5.69 Å². The summed E-state index contributed by atoms with van der Waals surface area (Å²) in [5.41, 5.74) is 22.6. The molecule has 0 saturated carbocycles. The van der Waals surface area contributed by atoms with Crippen molar-refractivity contribution in [2.45, 2.75) is 121 Å². The second-order valence-electron chi connectivity index (χ2n) is 17.3. The lowest BCUT2D eigenvalue weighted by atomic mass is 9.98. The van der Waals surface area contributed by atoms with Gasteiger partial charge in [-0.25, -0.2) is 9.97 Å². The Kier molecular flexibility index (Phi) is 18.2. The topological polar surface area (TPSA) is 106 Å². The highest BCUT2D eigenvalue weighted by Gasteiger charge is 2.13. The standard InChI is InChI=1S/C28H33N3.C19H22N2O.C9H13N/c1-18(2)23-13-8-9-15-27(23)29-21(6)25-16-11-17-26(31-25)22(7)30-28-20(5)12-10-14-24(28)19(3)4;1-12(2)16-9-6-8-13(3)19(16)20-14(4)17-10-7-11-18(21-17)15(5)22;1-7(2)8-5-3-4-6-9(8)10/h8-19H,1-7H3;6-12H,1-5H3;3-7H,10H2,1-2H3. The number of anilines is 1. The Hall–Kier alpha value is -6.34. The van der Waals surface area contributed by atoms with Gasteiger partial charge in [0.05, 0.1) is 51.3 Å². The van der Waals surface area contributed by atoms with E-state index in [0.29, 0.717) is 29.4 Å². The third kappa shape index (κ3) is 13.8. The van der Waals surface area contributed by atoms with E-state index < -0.39 is 0 Å². The summed E-state index contributed by atoms with van der Waals surface area (Å²) in [4.78, 5) is 35.4. The zero-order chi connectivity index (χ0) is 46.4. The molecule has 2 aromatic heterocycles. The number of pyridine rings is 2. The van der Waals surface area contributed by atoms with Crippen molar-refractivity contribution in [2.75, 3.05) is 5.73 Å². The van der Waals surface area contributed by atoms with Crippen molar-refractivity contribution in [2.24, 2.45) is 15.0 Å². The molecule has 2 N–H and O–H groups in total. The van der Waals surface area contributed by atoms with Crippen molar-refractivity contribution in [1.29, 1.82) is 0 Å². The number of para-hydroxylation sites is 4. The van der Waals surface area contributed by atoms with Gasteiger partial charge in [0.15, 0.2) is 5.78 Å². The van der Waals surface area contributed by atoms with Crippen LogP contribution in [0.3, 0.4) is 0 Å². The SMILES string of the molecule is CC(=Nc1ccccc1C(C)C)c1cccc(C(C)=Nc2c(C)cccc2C(C)C)n1.CC(=O)c1cccc(C(C)=Nc2c(C)cccc2C(C)C)n1.CC(C)c1ccccc1N. The van der Waals surface area contributed by atoms with Crippen LogP contribution in [0.2, 0.25) is 0 Å². The fourth-order valence-electron chi connectivity index (χ4n) is 7.07. The van der Waals surface area contributed by atoms with Crippen molar-refractivity contribution < 1.29 is 4.79 Å². The number of Topliss-reactive ketones (excluding diaryl/α,β-unsaturated/α-hetero) is 1. The number of carbonyl (C=O) groups is 1. The number of nitrogens with two attached hydrogens (primary N) is 1. The minimum Gasteiger partial charge on any atom is -0.398 e. The second kappa shape index (κ2) is 23.2. The molecule has 0 fully saturated rings. The first-order chi connectivity index (χ1) is 29.9. The highest BCUT2D eigenvalue weighted by atomic mass is 16.1. The lowest BCUT2D eigenvalue weighted by molar-refractivity contribution is 0.101. The van der Waals surface area contributed by atoms with Gasteiger partial charge in [0, 0.05) is 12.6 Å². The molecule has 63 heavy (non-hydrogen) atoms. The number of aryl methyl sites for hydroxylation is 2. The van der Waals surface area contributed by atoms with Crippen LogP contribution in [0.25, 0.3) is 0 Å². The molecule has 0 amide bonds. The van der Waals surface area contributed by atoms with Crippen LogP contribution >= 0.6 is 0 Å². The third-order valence-electron chi connectivity index (χ3n) is 10.8. The number of aromatic nitrogens is 2. The van der Waals surface area contributed by atoms with Gasteiger partial charge in [0.25, 0.3) is 0 Å². The molecule has 6 rings (SSSR count). The Morgan fingerprint density at radius 1 is 0.429 bits per heavy atom. The summed E-state index contributed by atoms with van der Waals surface area (Å²) < 4.78 is 0. The Morgan fingerprint density at radius 2 is 0.778 bits per heavy atom. The molecule has 0 aliphatic carbocycles. The number of aliphatic imine (C=N–C) groups is 3. The zero-order valence-corrected chi connectivity index (χ0v) is 40.1. The molecule has 0 bridgehead atoms. The molecule has 0 atom stereocenters. The van der Waals surface area contributed by atoms with E-state index in [2.05, 4.69) is 135 Å². The molecule has 328 valence electrons. The number of ketones is 1. The quantitative estimate of drug-likeness (QED) is 0.0796. The zero-order valence-electron chi connectivity index (χ0n) is 40.1. The summed E-state index contributed by atoms with van der Waals surface area (Å²) in [7, 11) is 0. The normalized spacial score (nSPS) is 12.0. The predicted octanol–water partition coefficient (Wildman–Crippen LogP) is 15.2. The molecule has 7 nitrogen and oxygen atoms in total. The summed E-state index contributed by atoms with van der Waals surface area (Å²) in [6, 6.07) is 40.5. The molecule has 0 aliphatic heterocycles. The second-order valence-corrected chi connectivity index (χ2v) is 17.3. The van der Waals surface area contributed by atoms with E-state index in [-0.39, 0.29) is 5.78 Å². The Labute approximate surface area is 377 Å². The number of nitrogens with zero attached hydrogens (tertiary/aromatic N) is 5. The maximum atomic E-state index is 11.5. The molecular weight excluding hydrogens is 773 g/mol. The summed E-state index contributed by atoms with van der Waals surface area (Å²) >= 11 is 0. The highest BCUT2D eigenvalue weighted by Crippen LogP contribution is 2.32. The van der Waals surface area contributed by atoms with Gasteiger partial charge in [-0.05, 0) is 128 Å².